The number of fused-ring (bicyclic) bond motifs is 1. The number of hydrogen-bond acceptors (Lipinski definition) is 3. The Morgan fingerprint density at radius 3 is 2.74 bits per heavy atom. The third-order valence-corrected chi connectivity index (χ3v) is 5.19. The number of oxazole rings is 1. The smallest absolute Gasteiger partial charge is 0.226 e. The molecule has 4 aromatic rings. The molecule has 0 saturated heterocycles. The van der Waals surface area contributed by atoms with Gasteiger partial charge in [-0.1, -0.05) is 42.5 Å². The number of aromatic amines is 1. The van der Waals surface area contributed by atoms with E-state index in [2.05, 4.69) is 51.4 Å². The van der Waals surface area contributed by atoms with Crippen LogP contribution in [-0.2, 0) is 6.54 Å². The number of nitrogens with zero attached hydrogens (tertiary/aromatic N) is 2. The van der Waals surface area contributed by atoms with E-state index < -0.39 is 0 Å². The van der Waals surface area contributed by atoms with Crippen LogP contribution in [0.4, 0.5) is 0 Å². The summed E-state index contributed by atoms with van der Waals surface area (Å²) in [4.78, 5) is 10.4. The fourth-order valence-electron chi connectivity index (χ4n) is 3.76. The van der Waals surface area contributed by atoms with E-state index in [9.17, 15) is 0 Å². The Bertz CT molecular complexity index is 1090. The Kier molecular flexibility index (Phi) is 4.11. The molecule has 0 saturated carbocycles. The quantitative estimate of drug-likeness (QED) is 0.553. The van der Waals surface area contributed by atoms with E-state index in [1.165, 1.54) is 22.0 Å². The van der Waals surface area contributed by atoms with Crippen molar-refractivity contribution in [3.63, 3.8) is 0 Å². The summed E-state index contributed by atoms with van der Waals surface area (Å²) in [7, 11) is 0. The highest BCUT2D eigenvalue weighted by molar-refractivity contribution is 5.92. The summed E-state index contributed by atoms with van der Waals surface area (Å²) in [6.07, 6.45) is 7.31. The predicted octanol–water partition coefficient (Wildman–Crippen LogP) is 5.11. The molecule has 1 N–H and O–H groups in total. The van der Waals surface area contributed by atoms with Crippen LogP contribution in [0.2, 0.25) is 0 Å². The highest BCUT2D eigenvalue weighted by Crippen LogP contribution is 2.29. The van der Waals surface area contributed by atoms with Gasteiger partial charge in [0.05, 0.1) is 5.69 Å². The van der Waals surface area contributed by atoms with Gasteiger partial charge in [0, 0.05) is 47.9 Å². The van der Waals surface area contributed by atoms with E-state index >= 15 is 0 Å². The molecule has 0 radical (unpaired) electrons. The van der Waals surface area contributed by atoms with Gasteiger partial charge < -0.3 is 9.40 Å². The van der Waals surface area contributed by atoms with Crippen LogP contribution >= 0.6 is 0 Å². The largest absolute Gasteiger partial charge is 0.444 e. The van der Waals surface area contributed by atoms with Crippen molar-refractivity contribution in [2.75, 3.05) is 13.1 Å². The molecule has 1 aliphatic heterocycles. The zero-order chi connectivity index (χ0) is 18.1. The van der Waals surface area contributed by atoms with E-state index in [1.54, 1.807) is 6.26 Å². The molecule has 4 nitrogen and oxygen atoms in total. The summed E-state index contributed by atoms with van der Waals surface area (Å²) in [5.41, 5.74) is 5.96. The van der Waals surface area contributed by atoms with Gasteiger partial charge in [-0.25, -0.2) is 4.98 Å². The molecule has 27 heavy (non-hydrogen) atoms. The fraction of sp³-hybridized carbons (Fsp3) is 0.174. The topological polar surface area (TPSA) is 45.1 Å². The number of benzene rings is 2. The van der Waals surface area contributed by atoms with Crippen LogP contribution in [0.1, 0.15) is 17.7 Å². The van der Waals surface area contributed by atoms with Crippen molar-refractivity contribution in [1.29, 1.82) is 0 Å². The van der Waals surface area contributed by atoms with Gasteiger partial charge >= 0.3 is 0 Å². The lowest BCUT2D eigenvalue weighted by molar-refractivity contribution is 0.290. The minimum atomic E-state index is 0.692. The SMILES string of the molecule is C1=C(c2c[nH]c3ccccc23)CCN(Cc2coc(-c3ccccc3)n2)C1. The third kappa shape index (κ3) is 3.20. The van der Waals surface area contributed by atoms with Gasteiger partial charge in [0.15, 0.2) is 0 Å². The van der Waals surface area contributed by atoms with Crippen LogP contribution in [0.5, 0.6) is 0 Å². The van der Waals surface area contributed by atoms with Gasteiger partial charge in [0.2, 0.25) is 5.89 Å². The molecule has 0 spiro atoms. The summed E-state index contributed by atoms with van der Waals surface area (Å²) < 4.78 is 5.66. The van der Waals surface area contributed by atoms with E-state index in [4.69, 9.17) is 4.42 Å². The van der Waals surface area contributed by atoms with Crippen molar-refractivity contribution >= 4 is 16.5 Å². The molecule has 2 aromatic carbocycles. The van der Waals surface area contributed by atoms with Crippen LogP contribution in [0.25, 0.3) is 27.9 Å². The first-order valence-corrected chi connectivity index (χ1v) is 9.34. The van der Waals surface area contributed by atoms with Crippen molar-refractivity contribution in [2.24, 2.45) is 0 Å². The predicted molar refractivity (Wildman–Crippen MR) is 108 cm³/mol. The average Bonchev–Trinajstić information content (AvgIpc) is 3.37. The van der Waals surface area contributed by atoms with Crippen LogP contribution in [0.15, 0.2) is 77.6 Å². The highest BCUT2D eigenvalue weighted by Gasteiger charge is 2.17. The van der Waals surface area contributed by atoms with Crippen LogP contribution < -0.4 is 0 Å². The lowest BCUT2D eigenvalue weighted by Gasteiger charge is -2.25. The number of rotatable bonds is 4. The van der Waals surface area contributed by atoms with E-state index in [-0.39, 0.29) is 0 Å². The normalized spacial score (nSPS) is 15.2. The monoisotopic (exact) mass is 355 g/mol. The maximum absolute atomic E-state index is 5.66. The first kappa shape index (κ1) is 16.1. The molecule has 4 heteroatoms. The second kappa shape index (κ2) is 6.89. The van der Waals surface area contributed by atoms with E-state index in [1.807, 2.05) is 30.3 Å². The van der Waals surface area contributed by atoms with Crippen molar-refractivity contribution in [1.82, 2.24) is 14.9 Å². The Morgan fingerprint density at radius 1 is 1.04 bits per heavy atom. The zero-order valence-corrected chi connectivity index (χ0v) is 15.1. The van der Waals surface area contributed by atoms with Gasteiger partial charge in [-0.2, -0.15) is 0 Å². The van der Waals surface area contributed by atoms with Gasteiger partial charge in [-0.05, 0) is 30.2 Å². The van der Waals surface area contributed by atoms with Crippen LogP contribution in [0, 0.1) is 0 Å². The lowest BCUT2D eigenvalue weighted by atomic mass is 9.99. The Hall–Kier alpha value is -3.11. The summed E-state index contributed by atoms with van der Waals surface area (Å²) in [6, 6.07) is 18.5. The maximum Gasteiger partial charge on any atom is 0.226 e. The Balaban J connectivity index is 1.29. The molecule has 0 aliphatic carbocycles. The van der Waals surface area contributed by atoms with E-state index in [0.29, 0.717) is 5.89 Å². The van der Waals surface area contributed by atoms with Crippen molar-refractivity contribution in [3.8, 4) is 11.5 Å². The van der Waals surface area contributed by atoms with Gasteiger partial charge in [0.1, 0.15) is 6.26 Å². The molecule has 134 valence electrons. The second-order valence-electron chi connectivity index (χ2n) is 6.97. The van der Waals surface area contributed by atoms with Gasteiger partial charge in [0.25, 0.3) is 0 Å². The molecule has 0 amide bonds. The molecular formula is C23H21N3O. The first-order chi connectivity index (χ1) is 13.4. The average molecular weight is 355 g/mol. The summed E-state index contributed by atoms with van der Waals surface area (Å²) >= 11 is 0. The van der Waals surface area contributed by atoms with Crippen molar-refractivity contribution in [2.45, 2.75) is 13.0 Å². The third-order valence-electron chi connectivity index (χ3n) is 5.19. The Labute approximate surface area is 158 Å². The number of aromatic nitrogens is 2. The Morgan fingerprint density at radius 2 is 1.89 bits per heavy atom. The maximum atomic E-state index is 5.66. The standard InChI is InChI=1S/C23H21N3O/c1-2-6-18(7-3-1)23-25-19(16-27-23)15-26-12-10-17(11-13-26)21-14-24-22-9-5-4-8-20(21)22/h1-10,14,16,24H,11-13,15H2. The molecule has 0 fully saturated rings. The van der Waals surface area contributed by atoms with Crippen molar-refractivity contribution < 1.29 is 4.42 Å². The first-order valence-electron chi connectivity index (χ1n) is 9.34. The van der Waals surface area contributed by atoms with Gasteiger partial charge in [-0.15, -0.1) is 0 Å². The summed E-state index contributed by atoms with van der Waals surface area (Å²) in [6.45, 7) is 2.77. The summed E-state index contributed by atoms with van der Waals surface area (Å²) in [5.74, 6) is 0.692. The molecule has 3 heterocycles. The highest BCUT2D eigenvalue weighted by atomic mass is 16.3. The minimum absolute atomic E-state index is 0.692. The second-order valence-corrected chi connectivity index (χ2v) is 6.97. The fourth-order valence-corrected chi connectivity index (χ4v) is 3.76. The molecule has 1 aliphatic rings. The molecule has 2 aromatic heterocycles. The molecule has 0 atom stereocenters. The zero-order valence-electron chi connectivity index (χ0n) is 15.1. The van der Waals surface area contributed by atoms with Crippen LogP contribution in [-0.4, -0.2) is 28.0 Å². The number of para-hydroxylation sites is 1. The molecule has 0 bridgehead atoms. The molecule has 0 unspecified atom stereocenters. The van der Waals surface area contributed by atoms with Gasteiger partial charge in [-0.3, -0.25) is 4.90 Å². The lowest BCUT2D eigenvalue weighted by Crippen LogP contribution is -2.28. The van der Waals surface area contributed by atoms with E-state index in [0.717, 1.165) is 37.3 Å². The number of hydrogen-bond donors (Lipinski definition) is 1. The minimum Gasteiger partial charge on any atom is -0.444 e. The molecular weight excluding hydrogens is 334 g/mol. The number of H-pyrrole nitrogens is 1. The van der Waals surface area contributed by atoms with Crippen molar-refractivity contribution in [3.05, 3.63) is 84.4 Å². The summed E-state index contributed by atoms with van der Waals surface area (Å²) in [5, 5.41) is 1.31. The number of nitrogens with one attached hydrogen (secondary N) is 1. The molecule has 5 rings (SSSR count). The van der Waals surface area contributed by atoms with Crippen LogP contribution in [0.3, 0.4) is 0 Å².